The SMILES string of the molecule is COC1CCNC1C1CCCCCC1. The Hall–Kier alpha value is -0.0800. The molecule has 2 atom stereocenters. The van der Waals surface area contributed by atoms with E-state index >= 15 is 0 Å². The van der Waals surface area contributed by atoms with Gasteiger partial charge in [0.1, 0.15) is 0 Å². The summed E-state index contributed by atoms with van der Waals surface area (Å²) in [5.74, 6) is 0.880. The second-order valence-corrected chi connectivity index (χ2v) is 4.79. The van der Waals surface area contributed by atoms with Crippen molar-refractivity contribution in [3.05, 3.63) is 0 Å². The zero-order valence-electron chi connectivity index (χ0n) is 9.30. The lowest BCUT2D eigenvalue weighted by Gasteiger charge is -2.26. The molecule has 1 N–H and O–H groups in total. The van der Waals surface area contributed by atoms with E-state index in [4.69, 9.17) is 4.74 Å². The Labute approximate surface area is 87.4 Å². The molecule has 2 unspecified atom stereocenters. The van der Waals surface area contributed by atoms with Crippen LogP contribution < -0.4 is 5.32 Å². The van der Waals surface area contributed by atoms with Gasteiger partial charge in [0.25, 0.3) is 0 Å². The summed E-state index contributed by atoms with van der Waals surface area (Å²) < 4.78 is 5.56. The summed E-state index contributed by atoms with van der Waals surface area (Å²) in [6.45, 7) is 1.15. The van der Waals surface area contributed by atoms with Crippen LogP contribution in [0.25, 0.3) is 0 Å². The topological polar surface area (TPSA) is 21.3 Å². The summed E-state index contributed by atoms with van der Waals surface area (Å²) in [7, 11) is 1.86. The van der Waals surface area contributed by atoms with Crippen LogP contribution in [-0.4, -0.2) is 25.8 Å². The van der Waals surface area contributed by atoms with E-state index in [9.17, 15) is 0 Å². The van der Waals surface area contributed by atoms with E-state index in [1.54, 1.807) is 0 Å². The van der Waals surface area contributed by atoms with E-state index < -0.39 is 0 Å². The average Bonchev–Trinajstić information content (AvgIpc) is 2.52. The molecule has 0 aromatic heterocycles. The first-order chi connectivity index (χ1) is 6.92. The van der Waals surface area contributed by atoms with E-state index in [1.165, 1.54) is 44.9 Å². The predicted molar refractivity (Wildman–Crippen MR) is 58.4 cm³/mol. The maximum atomic E-state index is 5.56. The fraction of sp³-hybridized carbons (Fsp3) is 1.00. The van der Waals surface area contributed by atoms with Crippen LogP contribution in [0.2, 0.25) is 0 Å². The van der Waals surface area contributed by atoms with Gasteiger partial charge >= 0.3 is 0 Å². The van der Waals surface area contributed by atoms with Gasteiger partial charge in [0.2, 0.25) is 0 Å². The third kappa shape index (κ3) is 2.29. The summed E-state index contributed by atoms with van der Waals surface area (Å²) >= 11 is 0. The van der Waals surface area contributed by atoms with Crippen molar-refractivity contribution in [1.29, 1.82) is 0 Å². The molecule has 0 spiro atoms. The molecule has 1 aliphatic heterocycles. The van der Waals surface area contributed by atoms with Crippen molar-refractivity contribution in [3.63, 3.8) is 0 Å². The van der Waals surface area contributed by atoms with Crippen LogP contribution in [0.1, 0.15) is 44.9 Å². The van der Waals surface area contributed by atoms with Crippen LogP contribution in [0.5, 0.6) is 0 Å². The molecule has 2 heteroatoms. The summed E-state index contributed by atoms with van der Waals surface area (Å²) in [4.78, 5) is 0. The molecule has 82 valence electrons. The maximum Gasteiger partial charge on any atom is 0.0739 e. The molecule has 1 heterocycles. The molecule has 1 saturated heterocycles. The van der Waals surface area contributed by atoms with Gasteiger partial charge in [0.05, 0.1) is 6.10 Å². The largest absolute Gasteiger partial charge is 0.380 e. The first kappa shape index (κ1) is 10.4. The minimum atomic E-state index is 0.484. The first-order valence-electron chi connectivity index (χ1n) is 6.18. The van der Waals surface area contributed by atoms with Gasteiger partial charge in [0, 0.05) is 13.2 Å². The second-order valence-electron chi connectivity index (χ2n) is 4.79. The van der Waals surface area contributed by atoms with E-state index in [1.807, 2.05) is 7.11 Å². The van der Waals surface area contributed by atoms with Crippen LogP contribution in [0.15, 0.2) is 0 Å². The first-order valence-corrected chi connectivity index (χ1v) is 6.18. The third-order valence-corrected chi connectivity index (χ3v) is 3.92. The Morgan fingerprint density at radius 2 is 1.71 bits per heavy atom. The van der Waals surface area contributed by atoms with Crippen molar-refractivity contribution in [3.8, 4) is 0 Å². The number of nitrogens with one attached hydrogen (secondary N) is 1. The van der Waals surface area contributed by atoms with Crippen LogP contribution in [0, 0.1) is 5.92 Å². The highest BCUT2D eigenvalue weighted by Crippen LogP contribution is 2.30. The molecule has 2 aliphatic rings. The normalized spacial score (nSPS) is 35.8. The van der Waals surface area contributed by atoms with Crippen molar-refractivity contribution in [2.24, 2.45) is 5.92 Å². The van der Waals surface area contributed by atoms with E-state index in [0.717, 1.165) is 12.5 Å². The van der Waals surface area contributed by atoms with Crippen molar-refractivity contribution in [1.82, 2.24) is 5.32 Å². The van der Waals surface area contributed by atoms with Crippen molar-refractivity contribution in [2.75, 3.05) is 13.7 Å². The molecule has 1 saturated carbocycles. The van der Waals surface area contributed by atoms with Gasteiger partial charge in [-0.2, -0.15) is 0 Å². The van der Waals surface area contributed by atoms with Crippen molar-refractivity contribution >= 4 is 0 Å². The quantitative estimate of drug-likeness (QED) is 0.686. The number of methoxy groups -OCH3 is 1. The predicted octanol–water partition coefficient (Wildman–Crippen LogP) is 2.33. The van der Waals surface area contributed by atoms with Gasteiger partial charge in [-0.25, -0.2) is 0 Å². The number of rotatable bonds is 2. The third-order valence-electron chi connectivity index (χ3n) is 3.92. The van der Waals surface area contributed by atoms with Crippen molar-refractivity contribution in [2.45, 2.75) is 57.1 Å². The minimum absolute atomic E-state index is 0.484. The molecular weight excluding hydrogens is 174 g/mol. The Morgan fingerprint density at radius 1 is 1.00 bits per heavy atom. The van der Waals surface area contributed by atoms with Gasteiger partial charge < -0.3 is 10.1 Å². The Balaban J connectivity index is 1.91. The standard InChI is InChI=1S/C12H23NO/c1-14-11-8-9-13-12(11)10-6-4-2-3-5-7-10/h10-13H,2-9H2,1H3. The van der Waals surface area contributed by atoms with Crippen LogP contribution >= 0.6 is 0 Å². The molecule has 0 amide bonds. The summed E-state index contributed by atoms with van der Waals surface area (Å²) in [6.07, 6.45) is 10.3. The second kappa shape index (κ2) is 5.13. The Kier molecular flexibility index (Phi) is 3.82. The van der Waals surface area contributed by atoms with E-state index in [0.29, 0.717) is 12.1 Å². The molecule has 0 aromatic carbocycles. The fourth-order valence-corrected chi connectivity index (χ4v) is 3.11. The zero-order valence-corrected chi connectivity index (χ0v) is 9.30. The fourth-order valence-electron chi connectivity index (χ4n) is 3.11. The van der Waals surface area contributed by atoms with Crippen LogP contribution in [0.4, 0.5) is 0 Å². The van der Waals surface area contributed by atoms with Crippen molar-refractivity contribution < 1.29 is 4.74 Å². The average molecular weight is 197 g/mol. The molecule has 0 bridgehead atoms. The molecule has 2 rings (SSSR count). The highest BCUT2D eigenvalue weighted by Gasteiger charge is 2.33. The number of hydrogen-bond acceptors (Lipinski definition) is 2. The molecule has 14 heavy (non-hydrogen) atoms. The van der Waals surface area contributed by atoms with Gasteiger partial charge in [-0.1, -0.05) is 25.7 Å². The molecular formula is C12H23NO. The molecule has 1 aliphatic carbocycles. The Morgan fingerprint density at radius 3 is 2.36 bits per heavy atom. The Bertz CT molecular complexity index is 164. The molecule has 0 radical (unpaired) electrons. The lowest BCUT2D eigenvalue weighted by Crippen LogP contribution is -2.38. The highest BCUT2D eigenvalue weighted by molar-refractivity contribution is 4.90. The smallest absolute Gasteiger partial charge is 0.0739 e. The lowest BCUT2D eigenvalue weighted by molar-refractivity contribution is 0.0700. The zero-order chi connectivity index (χ0) is 9.80. The molecule has 2 nitrogen and oxygen atoms in total. The number of ether oxygens (including phenoxy) is 1. The van der Waals surface area contributed by atoms with Crippen LogP contribution in [0.3, 0.4) is 0 Å². The van der Waals surface area contributed by atoms with Gasteiger partial charge in [-0.05, 0) is 31.7 Å². The molecule has 2 fully saturated rings. The summed E-state index contributed by atoms with van der Waals surface area (Å²) in [6, 6.07) is 0.651. The molecule has 0 aromatic rings. The minimum Gasteiger partial charge on any atom is -0.380 e. The lowest BCUT2D eigenvalue weighted by atomic mass is 9.89. The van der Waals surface area contributed by atoms with Gasteiger partial charge in [0.15, 0.2) is 0 Å². The summed E-state index contributed by atoms with van der Waals surface area (Å²) in [5, 5.41) is 3.63. The monoisotopic (exact) mass is 197 g/mol. The number of hydrogen-bond donors (Lipinski definition) is 1. The summed E-state index contributed by atoms with van der Waals surface area (Å²) in [5.41, 5.74) is 0. The van der Waals surface area contributed by atoms with E-state index in [2.05, 4.69) is 5.32 Å². The van der Waals surface area contributed by atoms with Crippen LogP contribution in [-0.2, 0) is 4.74 Å². The maximum absolute atomic E-state index is 5.56. The highest BCUT2D eigenvalue weighted by atomic mass is 16.5. The van der Waals surface area contributed by atoms with E-state index in [-0.39, 0.29) is 0 Å². The van der Waals surface area contributed by atoms with Gasteiger partial charge in [-0.3, -0.25) is 0 Å². The van der Waals surface area contributed by atoms with Gasteiger partial charge in [-0.15, -0.1) is 0 Å².